The fourth-order valence-corrected chi connectivity index (χ4v) is 4.69. The summed E-state index contributed by atoms with van der Waals surface area (Å²) in [5, 5.41) is 13.5. The van der Waals surface area contributed by atoms with E-state index < -0.39 is 0 Å². The van der Waals surface area contributed by atoms with Crippen molar-refractivity contribution >= 4 is 52.5 Å². The number of ether oxygens (including phenoxy) is 3. The number of carbonyl (C=O) groups is 1. The first-order valence-electron chi connectivity index (χ1n) is 12.9. The number of amides is 1. The number of likely N-dealkylation sites (N-methyl/N-ethyl adjacent to an activating group) is 1. The molecule has 1 amide bonds. The molecule has 0 aliphatic carbocycles. The van der Waals surface area contributed by atoms with Crippen molar-refractivity contribution in [2.75, 3.05) is 77.8 Å². The van der Waals surface area contributed by atoms with E-state index in [9.17, 15) is 4.79 Å². The van der Waals surface area contributed by atoms with Crippen LogP contribution in [0, 0.1) is 17.2 Å². The molecule has 12 nitrogen and oxygen atoms in total. The Morgan fingerprint density at radius 3 is 2.62 bits per heavy atom. The van der Waals surface area contributed by atoms with Gasteiger partial charge in [0, 0.05) is 39.4 Å². The zero-order chi connectivity index (χ0) is 27.3. The van der Waals surface area contributed by atoms with Crippen molar-refractivity contribution in [2.45, 2.75) is 25.8 Å². The SMILES string of the molecule is C[C@@H]1CCN(C(=O)CC#N)C[C@@H]1N(C)c1ncnc2c1ccn2C(=S)NCCOCCOCCOCCN.Cl. The van der Waals surface area contributed by atoms with E-state index in [1.165, 1.54) is 6.33 Å². The highest BCUT2D eigenvalue weighted by Gasteiger charge is 2.32. The molecule has 1 aliphatic heterocycles. The molecule has 3 rings (SSSR count). The summed E-state index contributed by atoms with van der Waals surface area (Å²) in [5.74, 6) is 1.01. The number of anilines is 1. The van der Waals surface area contributed by atoms with Crippen LogP contribution in [0.4, 0.5) is 5.82 Å². The van der Waals surface area contributed by atoms with Crippen molar-refractivity contribution in [1.29, 1.82) is 5.26 Å². The van der Waals surface area contributed by atoms with Gasteiger partial charge in [0.05, 0.1) is 57.1 Å². The van der Waals surface area contributed by atoms with E-state index >= 15 is 0 Å². The highest BCUT2D eigenvalue weighted by atomic mass is 35.5. The van der Waals surface area contributed by atoms with E-state index in [2.05, 4.69) is 27.1 Å². The number of hydrogen-bond acceptors (Lipinski definition) is 10. The Morgan fingerprint density at radius 1 is 1.23 bits per heavy atom. The van der Waals surface area contributed by atoms with Crippen LogP contribution in [-0.4, -0.2) is 109 Å². The largest absolute Gasteiger partial charge is 0.378 e. The number of halogens is 1. The smallest absolute Gasteiger partial charge is 0.236 e. The van der Waals surface area contributed by atoms with Crippen molar-refractivity contribution < 1.29 is 19.0 Å². The molecule has 0 aromatic carbocycles. The number of nitrogens with one attached hydrogen (secondary N) is 1. The summed E-state index contributed by atoms with van der Waals surface area (Å²) in [6.07, 6.45) is 4.18. The van der Waals surface area contributed by atoms with Crippen LogP contribution >= 0.6 is 24.6 Å². The lowest BCUT2D eigenvalue weighted by Crippen LogP contribution is -2.52. The van der Waals surface area contributed by atoms with E-state index in [1.54, 1.807) is 4.90 Å². The standard InChI is InChI=1S/C25H38N8O4S.ClH/c1-19-4-9-32(22(34)3-6-26)17-21(19)31(2)23-20-5-10-33(24(20)30-18-29-23)25(38)28-8-12-36-14-16-37-15-13-35-11-7-27;/h5,10,18-19,21H,3-4,7-9,11-17,27H2,1-2H3,(H,28,38);1H/t19-,21+;/m1./s1. The average Bonchev–Trinajstić information content (AvgIpc) is 3.36. The van der Waals surface area contributed by atoms with Gasteiger partial charge in [0.1, 0.15) is 18.6 Å². The van der Waals surface area contributed by atoms with Gasteiger partial charge >= 0.3 is 0 Å². The molecule has 3 heterocycles. The maximum absolute atomic E-state index is 12.3. The molecule has 0 saturated carbocycles. The predicted molar refractivity (Wildman–Crippen MR) is 155 cm³/mol. The third-order valence-electron chi connectivity index (χ3n) is 6.54. The Balaban J connectivity index is 0.00000533. The number of piperidine rings is 1. The number of nitriles is 1. The molecule has 0 unspecified atom stereocenters. The van der Waals surface area contributed by atoms with Crippen LogP contribution in [0.5, 0.6) is 0 Å². The van der Waals surface area contributed by atoms with Crippen LogP contribution in [0.2, 0.25) is 0 Å². The summed E-state index contributed by atoms with van der Waals surface area (Å²) in [5.41, 5.74) is 6.06. The predicted octanol–water partition coefficient (Wildman–Crippen LogP) is 1.17. The first-order valence-corrected chi connectivity index (χ1v) is 13.3. The van der Waals surface area contributed by atoms with Crippen molar-refractivity contribution in [1.82, 2.24) is 24.8 Å². The summed E-state index contributed by atoms with van der Waals surface area (Å²) in [4.78, 5) is 25.3. The molecule has 0 radical (unpaired) electrons. The van der Waals surface area contributed by atoms with Crippen LogP contribution in [0.15, 0.2) is 18.6 Å². The lowest BCUT2D eigenvalue weighted by molar-refractivity contribution is -0.131. The topological polar surface area (TPSA) is 144 Å². The monoisotopic (exact) mass is 582 g/mol. The van der Waals surface area contributed by atoms with Crippen molar-refractivity contribution in [2.24, 2.45) is 11.7 Å². The number of hydrogen-bond donors (Lipinski definition) is 2. The number of rotatable bonds is 14. The van der Waals surface area contributed by atoms with Gasteiger partial charge in [-0.25, -0.2) is 9.97 Å². The summed E-state index contributed by atoms with van der Waals surface area (Å²) < 4.78 is 18.1. The van der Waals surface area contributed by atoms with Gasteiger partial charge in [0.15, 0.2) is 10.8 Å². The quantitative estimate of drug-likeness (QED) is 0.245. The molecule has 39 heavy (non-hydrogen) atoms. The van der Waals surface area contributed by atoms with Crippen LogP contribution in [0.1, 0.15) is 19.8 Å². The normalized spacial score (nSPS) is 16.9. The van der Waals surface area contributed by atoms with Gasteiger partial charge in [0.2, 0.25) is 5.91 Å². The number of fused-ring (bicyclic) bond motifs is 1. The second kappa shape index (κ2) is 17.2. The summed E-state index contributed by atoms with van der Waals surface area (Å²) in [7, 11) is 1.99. The maximum atomic E-state index is 12.3. The van der Waals surface area contributed by atoms with E-state index in [1.807, 2.05) is 29.9 Å². The average molecular weight is 583 g/mol. The molecule has 0 bridgehead atoms. The molecule has 3 N–H and O–H groups in total. The zero-order valence-corrected chi connectivity index (χ0v) is 24.2. The van der Waals surface area contributed by atoms with Crippen molar-refractivity contribution in [3.63, 3.8) is 0 Å². The Labute approximate surface area is 241 Å². The second-order valence-corrected chi connectivity index (χ2v) is 9.48. The summed E-state index contributed by atoms with van der Waals surface area (Å²) in [6.45, 7) is 7.50. The highest BCUT2D eigenvalue weighted by Crippen LogP contribution is 2.29. The Bertz CT molecular complexity index is 1100. The molecular weight excluding hydrogens is 544 g/mol. The molecule has 0 spiro atoms. The molecule has 216 valence electrons. The van der Waals surface area contributed by atoms with Gasteiger partial charge in [-0.05, 0) is 30.6 Å². The number of aromatic nitrogens is 3. The van der Waals surface area contributed by atoms with Gasteiger partial charge < -0.3 is 35.1 Å². The third kappa shape index (κ3) is 9.23. The van der Waals surface area contributed by atoms with Crippen LogP contribution in [0.25, 0.3) is 11.0 Å². The van der Waals surface area contributed by atoms with Gasteiger partial charge in [-0.3, -0.25) is 9.36 Å². The highest BCUT2D eigenvalue weighted by molar-refractivity contribution is 7.80. The number of carbonyl (C=O) groups excluding carboxylic acids is 1. The molecule has 14 heteroatoms. The van der Waals surface area contributed by atoms with Crippen LogP contribution < -0.4 is 16.0 Å². The summed E-state index contributed by atoms with van der Waals surface area (Å²) >= 11 is 5.60. The Kier molecular flexibility index (Phi) is 14.4. The molecule has 2 aromatic rings. The lowest BCUT2D eigenvalue weighted by Gasteiger charge is -2.42. The Hall–Kier alpha value is -2.60. The third-order valence-corrected chi connectivity index (χ3v) is 6.88. The number of thiocarbonyl (C=S) groups is 1. The van der Waals surface area contributed by atoms with E-state index in [0.29, 0.717) is 82.5 Å². The molecule has 1 saturated heterocycles. The van der Waals surface area contributed by atoms with E-state index in [0.717, 1.165) is 17.6 Å². The molecular formula is C25H39ClN8O4S. The summed E-state index contributed by atoms with van der Waals surface area (Å²) in [6, 6.07) is 3.98. The zero-order valence-electron chi connectivity index (χ0n) is 22.6. The van der Waals surface area contributed by atoms with Gasteiger partial charge in [-0.15, -0.1) is 12.4 Å². The molecule has 1 fully saturated rings. The minimum atomic E-state index is -0.127. The van der Waals surface area contributed by atoms with Crippen molar-refractivity contribution in [3.05, 3.63) is 18.6 Å². The van der Waals surface area contributed by atoms with E-state index in [-0.39, 0.29) is 30.8 Å². The minimum Gasteiger partial charge on any atom is -0.378 e. The number of likely N-dealkylation sites (tertiary alicyclic amines) is 1. The fourth-order valence-electron chi connectivity index (χ4n) is 4.44. The van der Waals surface area contributed by atoms with Crippen LogP contribution in [0.3, 0.4) is 0 Å². The molecule has 2 atom stereocenters. The van der Waals surface area contributed by atoms with Gasteiger partial charge in [-0.2, -0.15) is 5.26 Å². The van der Waals surface area contributed by atoms with Crippen molar-refractivity contribution in [3.8, 4) is 6.07 Å². The van der Waals surface area contributed by atoms with Crippen LogP contribution in [-0.2, 0) is 19.0 Å². The first kappa shape index (κ1) is 32.6. The number of nitrogens with two attached hydrogens (primary N) is 1. The van der Waals surface area contributed by atoms with Gasteiger partial charge in [-0.1, -0.05) is 6.92 Å². The lowest BCUT2D eigenvalue weighted by atomic mass is 9.92. The first-order chi connectivity index (χ1) is 18.5. The Morgan fingerprint density at radius 2 is 1.92 bits per heavy atom. The van der Waals surface area contributed by atoms with Gasteiger partial charge in [0.25, 0.3) is 0 Å². The molecule has 1 aliphatic rings. The minimum absolute atomic E-state index is 0. The molecule has 2 aromatic heterocycles. The van der Waals surface area contributed by atoms with E-state index in [4.69, 9.17) is 37.4 Å². The number of nitrogens with zero attached hydrogens (tertiary/aromatic N) is 6. The second-order valence-electron chi connectivity index (χ2n) is 9.10. The maximum Gasteiger partial charge on any atom is 0.236 e. The fraction of sp³-hybridized carbons (Fsp3) is 0.640.